The first-order chi connectivity index (χ1) is 8.58. The molecule has 0 aliphatic carbocycles. The van der Waals surface area contributed by atoms with Crippen LogP contribution in [0.15, 0.2) is 24.3 Å². The van der Waals surface area contributed by atoms with Crippen molar-refractivity contribution in [2.75, 3.05) is 20.8 Å². The standard InChI is InChI=1S/C14H20O4/c1-10(14(15)16)8-11-4-6-12(7-5-11)13(18-3)9-17-2/h4-7,10,13H,8-9H2,1-3H3,(H,15,16). The predicted octanol–water partition coefficient (Wildman–Crippen LogP) is 2.28. The number of carboxylic acids is 1. The van der Waals surface area contributed by atoms with Gasteiger partial charge in [-0.05, 0) is 17.5 Å². The van der Waals surface area contributed by atoms with Crippen molar-refractivity contribution in [2.24, 2.45) is 5.92 Å². The van der Waals surface area contributed by atoms with E-state index >= 15 is 0 Å². The third-order valence-electron chi connectivity index (χ3n) is 2.92. The first kappa shape index (κ1) is 14.7. The summed E-state index contributed by atoms with van der Waals surface area (Å²) in [6, 6.07) is 7.79. The van der Waals surface area contributed by atoms with Gasteiger partial charge in [-0.15, -0.1) is 0 Å². The van der Waals surface area contributed by atoms with Crippen molar-refractivity contribution >= 4 is 5.97 Å². The van der Waals surface area contributed by atoms with E-state index < -0.39 is 5.97 Å². The molecule has 0 bridgehead atoms. The molecule has 0 heterocycles. The normalized spacial score (nSPS) is 14.2. The van der Waals surface area contributed by atoms with Gasteiger partial charge in [0.2, 0.25) is 0 Å². The zero-order chi connectivity index (χ0) is 13.5. The lowest BCUT2D eigenvalue weighted by atomic mass is 9.99. The van der Waals surface area contributed by atoms with E-state index in [-0.39, 0.29) is 12.0 Å². The molecular formula is C14H20O4. The highest BCUT2D eigenvalue weighted by Gasteiger charge is 2.13. The van der Waals surface area contributed by atoms with Gasteiger partial charge in [-0.1, -0.05) is 31.2 Å². The van der Waals surface area contributed by atoms with Crippen LogP contribution in [0.3, 0.4) is 0 Å². The highest BCUT2D eigenvalue weighted by atomic mass is 16.5. The topological polar surface area (TPSA) is 55.8 Å². The molecule has 100 valence electrons. The molecule has 4 heteroatoms. The fraction of sp³-hybridized carbons (Fsp3) is 0.500. The van der Waals surface area contributed by atoms with Gasteiger partial charge in [-0.3, -0.25) is 4.79 Å². The summed E-state index contributed by atoms with van der Waals surface area (Å²) in [5, 5.41) is 8.86. The molecule has 1 aromatic carbocycles. The molecule has 0 aliphatic rings. The van der Waals surface area contributed by atoms with Gasteiger partial charge in [0.25, 0.3) is 0 Å². The van der Waals surface area contributed by atoms with Crippen LogP contribution >= 0.6 is 0 Å². The second-order valence-corrected chi connectivity index (χ2v) is 4.36. The number of hydrogen-bond donors (Lipinski definition) is 1. The van der Waals surface area contributed by atoms with Crippen molar-refractivity contribution in [3.63, 3.8) is 0 Å². The Bertz CT molecular complexity index is 372. The Balaban J connectivity index is 2.70. The lowest BCUT2D eigenvalue weighted by Crippen LogP contribution is -2.12. The molecule has 0 saturated heterocycles. The number of ether oxygens (including phenoxy) is 2. The lowest BCUT2D eigenvalue weighted by molar-refractivity contribution is -0.141. The van der Waals surface area contributed by atoms with Crippen molar-refractivity contribution in [2.45, 2.75) is 19.4 Å². The van der Waals surface area contributed by atoms with Crippen molar-refractivity contribution in [1.29, 1.82) is 0 Å². The highest BCUT2D eigenvalue weighted by molar-refractivity contribution is 5.69. The molecule has 1 N–H and O–H groups in total. The van der Waals surface area contributed by atoms with Crippen LogP contribution < -0.4 is 0 Å². The van der Waals surface area contributed by atoms with Crippen molar-refractivity contribution < 1.29 is 19.4 Å². The fourth-order valence-corrected chi connectivity index (χ4v) is 1.76. The third kappa shape index (κ3) is 4.13. The Labute approximate surface area is 108 Å². The lowest BCUT2D eigenvalue weighted by Gasteiger charge is -2.15. The van der Waals surface area contributed by atoms with Crippen LogP contribution in [0.1, 0.15) is 24.2 Å². The molecular weight excluding hydrogens is 232 g/mol. The zero-order valence-corrected chi connectivity index (χ0v) is 11.1. The van der Waals surface area contributed by atoms with Gasteiger partial charge in [0, 0.05) is 14.2 Å². The summed E-state index contributed by atoms with van der Waals surface area (Å²) < 4.78 is 10.4. The van der Waals surface area contributed by atoms with Gasteiger partial charge >= 0.3 is 5.97 Å². The quantitative estimate of drug-likeness (QED) is 0.809. The zero-order valence-electron chi connectivity index (χ0n) is 11.1. The molecule has 1 aromatic rings. The van der Waals surface area contributed by atoms with Gasteiger partial charge < -0.3 is 14.6 Å². The van der Waals surface area contributed by atoms with E-state index in [1.165, 1.54) is 0 Å². The average Bonchev–Trinajstić information content (AvgIpc) is 2.37. The molecule has 0 aromatic heterocycles. The minimum Gasteiger partial charge on any atom is -0.481 e. The second kappa shape index (κ2) is 7.13. The van der Waals surface area contributed by atoms with E-state index in [2.05, 4.69) is 0 Å². The molecule has 0 saturated carbocycles. The van der Waals surface area contributed by atoms with Gasteiger partial charge in [0.15, 0.2) is 0 Å². The SMILES string of the molecule is COCC(OC)c1ccc(CC(C)C(=O)O)cc1. The van der Waals surface area contributed by atoms with Crippen molar-refractivity contribution in [3.8, 4) is 0 Å². The van der Waals surface area contributed by atoms with Crippen LogP contribution in [0.5, 0.6) is 0 Å². The second-order valence-electron chi connectivity index (χ2n) is 4.36. The summed E-state index contributed by atoms with van der Waals surface area (Å²) in [6.45, 7) is 2.21. The van der Waals surface area contributed by atoms with E-state index in [1.807, 2.05) is 24.3 Å². The summed E-state index contributed by atoms with van der Waals surface area (Å²) in [5.74, 6) is -1.14. The maximum Gasteiger partial charge on any atom is 0.306 e. The number of carbonyl (C=O) groups is 1. The minimum atomic E-state index is -0.770. The molecule has 0 spiro atoms. The average molecular weight is 252 g/mol. The van der Waals surface area contributed by atoms with E-state index in [0.717, 1.165) is 11.1 Å². The minimum absolute atomic E-state index is 0.0825. The fourth-order valence-electron chi connectivity index (χ4n) is 1.76. The molecule has 0 radical (unpaired) electrons. The Hall–Kier alpha value is -1.39. The Morgan fingerprint density at radius 3 is 2.33 bits per heavy atom. The van der Waals surface area contributed by atoms with Crippen LogP contribution in [-0.2, 0) is 20.7 Å². The van der Waals surface area contributed by atoms with Crippen LogP contribution in [0, 0.1) is 5.92 Å². The number of hydrogen-bond acceptors (Lipinski definition) is 3. The van der Waals surface area contributed by atoms with Crippen LogP contribution in [0.4, 0.5) is 0 Å². The van der Waals surface area contributed by atoms with Gasteiger partial charge in [0.1, 0.15) is 6.10 Å². The third-order valence-corrected chi connectivity index (χ3v) is 2.92. The Morgan fingerprint density at radius 1 is 1.28 bits per heavy atom. The summed E-state index contributed by atoms with van der Waals surface area (Å²) >= 11 is 0. The number of carboxylic acid groups (broad SMARTS) is 1. The number of rotatable bonds is 7. The molecule has 0 amide bonds. The molecule has 2 atom stereocenters. The van der Waals surface area contributed by atoms with Crippen LogP contribution in [-0.4, -0.2) is 31.9 Å². The number of benzene rings is 1. The molecule has 0 aliphatic heterocycles. The van der Waals surface area contributed by atoms with Gasteiger partial charge in [0.05, 0.1) is 12.5 Å². The summed E-state index contributed by atoms with van der Waals surface area (Å²) in [7, 11) is 3.28. The van der Waals surface area contributed by atoms with E-state index in [4.69, 9.17) is 14.6 Å². The van der Waals surface area contributed by atoms with E-state index in [1.54, 1.807) is 21.1 Å². The van der Waals surface area contributed by atoms with E-state index in [9.17, 15) is 4.79 Å². The molecule has 4 nitrogen and oxygen atoms in total. The molecule has 18 heavy (non-hydrogen) atoms. The smallest absolute Gasteiger partial charge is 0.306 e. The largest absolute Gasteiger partial charge is 0.481 e. The van der Waals surface area contributed by atoms with Crippen molar-refractivity contribution in [1.82, 2.24) is 0 Å². The monoisotopic (exact) mass is 252 g/mol. The maximum atomic E-state index is 10.8. The Kier molecular flexibility index (Phi) is 5.82. The summed E-state index contributed by atoms with van der Waals surface area (Å²) in [4.78, 5) is 10.8. The summed E-state index contributed by atoms with van der Waals surface area (Å²) in [6.07, 6.45) is 0.457. The maximum absolute atomic E-state index is 10.8. The molecule has 2 unspecified atom stereocenters. The number of methoxy groups -OCH3 is 2. The summed E-state index contributed by atoms with van der Waals surface area (Å²) in [5.41, 5.74) is 2.05. The number of aliphatic carboxylic acids is 1. The van der Waals surface area contributed by atoms with Gasteiger partial charge in [-0.2, -0.15) is 0 Å². The first-order valence-electron chi connectivity index (χ1n) is 5.91. The Morgan fingerprint density at radius 2 is 1.89 bits per heavy atom. The van der Waals surface area contributed by atoms with Crippen molar-refractivity contribution in [3.05, 3.63) is 35.4 Å². The molecule has 0 fully saturated rings. The predicted molar refractivity (Wildman–Crippen MR) is 68.6 cm³/mol. The van der Waals surface area contributed by atoms with E-state index in [0.29, 0.717) is 13.0 Å². The molecule has 1 rings (SSSR count). The van der Waals surface area contributed by atoms with Gasteiger partial charge in [-0.25, -0.2) is 0 Å². The highest BCUT2D eigenvalue weighted by Crippen LogP contribution is 2.18. The van der Waals surface area contributed by atoms with Crippen LogP contribution in [0.25, 0.3) is 0 Å². The first-order valence-corrected chi connectivity index (χ1v) is 5.91. The van der Waals surface area contributed by atoms with Crippen LogP contribution in [0.2, 0.25) is 0 Å².